The van der Waals surface area contributed by atoms with Crippen LogP contribution in [0.15, 0.2) is 30.3 Å². The highest BCUT2D eigenvalue weighted by Gasteiger charge is 2.30. The van der Waals surface area contributed by atoms with E-state index in [0.29, 0.717) is 19.5 Å². The molecule has 0 aliphatic carbocycles. The van der Waals surface area contributed by atoms with Crippen LogP contribution in [-0.4, -0.2) is 32.2 Å². The molecule has 1 aliphatic heterocycles. The predicted octanol–water partition coefficient (Wildman–Crippen LogP) is 1.40. The van der Waals surface area contributed by atoms with Crippen LogP contribution in [0.2, 0.25) is 0 Å². The number of carbonyl (C=O) groups excluding carboxylic acids is 2. The van der Waals surface area contributed by atoms with E-state index in [0.717, 1.165) is 5.69 Å². The van der Waals surface area contributed by atoms with Crippen molar-refractivity contribution in [3.8, 4) is 0 Å². The van der Waals surface area contributed by atoms with Gasteiger partial charge in [-0.25, -0.2) is 4.79 Å². The highest BCUT2D eigenvalue weighted by Crippen LogP contribution is 2.24. The molecule has 1 aromatic rings. The summed E-state index contributed by atoms with van der Waals surface area (Å²) in [6, 6.07) is 9.55. The average molecular weight is 248 g/mol. The van der Waals surface area contributed by atoms with Crippen molar-refractivity contribution in [1.29, 1.82) is 0 Å². The summed E-state index contributed by atoms with van der Waals surface area (Å²) in [5, 5.41) is 2.63. The molecule has 0 radical (unpaired) electrons. The third-order valence-corrected chi connectivity index (χ3v) is 2.99. The van der Waals surface area contributed by atoms with Crippen molar-refractivity contribution in [1.82, 2.24) is 5.32 Å². The van der Waals surface area contributed by atoms with Crippen molar-refractivity contribution < 1.29 is 14.3 Å². The zero-order valence-corrected chi connectivity index (χ0v) is 10.3. The molecular weight excluding hydrogens is 232 g/mol. The Morgan fingerprint density at radius 1 is 1.44 bits per heavy atom. The summed E-state index contributed by atoms with van der Waals surface area (Å²) in [5.41, 5.74) is 0.906. The molecule has 1 saturated heterocycles. The van der Waals surface area contributed by atoms with Crippen molar-refractivity contribution in [2.45, 2.75) is 6.42 Å². The average Bonchev–Trinajstić information content (AvgIpc) is 2.78. The van der Waals surface area contributed by atoms with Gasteiger partial charge in [0, 0.05) is 31.1 Å². The number of alkyl carbamates (subject to hydrolysis) is 1. The van der Waals surface area contributed by atoms with E-state index in [9.17, 15) is 9.59 Å². The van der Waals surface area contributed by atoms with Gasteiger partial charge >= 0.3 is 6.09 Å². The molecule has 0 bridgehead atoms. The van der Waals surface area contributed by atoms with E-state index >= 15 is 0 Å². The fourth-order valence-electron chi connectivity index (χ4n) is 2.08. The van der Waals surface area contributed by atoms with Crippen molar-refractivity contribution in [2.24, 2.45) is 5.92 Å². The maximum atomic E-state index is 11.9. The molecule has 1 heterocycles. The fourth-order valence-corrected chi connectivity index (χ4v) is 2.08. The number of nitrogens with zero attached hydrogens (tertiary/aromatic N) is 1. The van der Waals surface area contributed by atoms with Crippen molar-refractivity contribution in [3.05, 3.63) is 30.3 Å². The first kappa shape index (κ1) is 12.4. The van der Waals surface area contributed by atoms with Crippen LogP contribution in [0.4, 0.5) is 10.5 Å². The van der Waals surface area contributed by atoms with Gasteiger partial charge in [-0.15, -0.1) is 0 Å². The van der Waals surface area contributed by atoms with Gasteiger partial charge in [0.2, 0.25) is 5.91 Å². The maximum absolute atomic E-state index is 11.9. The van der Waals surface area contributed by atoms with Gasteiger partial charge < -0.3 is 15.0 Å². The lowest BCUT2D eigenvalue weighted by Crippen LogP contribution is -2.31. The number of amides is 2. The molecule has 0 spiro atoms. The quantitative estimate of drug-likeness (QED) is 0.879. The number of nitrogens with one attached hydrogen (secondary N) is 1. The summed E-state index contributed by atoms with van der Waals surface area (Å²) in [7, 11) is 1.32. The van der Waals surface area contributed by atoms with Gasteiger partial charge in [0.05, 0.1) is 7.11 Å². The Bertz CT molecular complexity index is 433. The van der Waals surface area contributed by atoms with Crippen LogP contribution in [0.3, 0.4) is 0 Å². The normalized spacial score (nSPS) is 18.8. The standard InChI is InChI=1S/C13H16N2O3/c1-18-13(17)14-8-10-7-12(16)15(9-10)11-5-3-2-4-6-11/h2-6,10H,7-9H2,1H3,(H,14,17). The molecule has 1 N–H and O–H groups in total. The van der Waals surface area contributed by atoms with E-state index in [-0.39, 0.29) is 11.8 Å². The minimum Gasteiger partial charge on any atom is -0.453 e. The van der Waals surface area contributed by atoms with Crippen LogP contribution in [0.5, 0.6) is 0 Å². The molecule has 18 heavy (non-hydrogen) atoms. The molecule has 0 aromatic heterocycles. The lowest BCUT2D eigenvalue weighted by atomic mass is 10.1. The van der Waals surface area contributed by atoms with Gasteiger partial charge in [-0.05, 0) is 12.1 Å². The van der Waals surface area contributed by atoms with Crippen molar-refractivity contribution >= 4 is 17.7 Å². The number of methoxy groups -OCH3 is 1. The van der Waals surface area contributed by atoms with E-state index in [1.54, 1.807) is 4.90 Å². The van der Waals surface area contributed by atoms with Crippen LogP contribution in [-0.2, 0) is 9.53 Å². The summed E-state index contributed by atoms with van der Waals surface area (Å²) in [6.45, 7) is 1.09. The first-order valence-electron chi connectivity index (χ1n) is 5.88. The van der Waals surface area contributed by atoms with Crippen LogP contribution in [0.1, 0.15) is 6.42 Å². The first-order chi connectivity index (χ1) is 8.70. The highest BCUT2D eigenvalue weighted by molar-refractivity contribution is 5.95. The number of ether oxygens (including phenoxy) is 1. The lowest BCUT2D eigenvalue weighted by molar-refractivity contribution is -0.117. The number of carbonyl (C=O) groups is 2. The third-order valence-electron chi connectivity index (χ3n) is 2.99. The van der Waals surface area contributed by atoms with E-state index < -0.39 is 6.09 Å². The van der Waals surface area contributed by atoms with Crippen LogP contribution < -0.4 is 10.2 Å². The monoisotopic (exact) mass is 248 g/mol. The number of hydrogen-bond acceptors (Lipinski definition) is 3. The molecule has 0 saturated carbocycles. The topological polar surface area (TPSA) is 58.6 Å². The second-order valence-corrected chi connectivity index (χ2v) is 4.28. The molecule has 2 amide bonds. The number of para-hydroxylation sites is 1. The number of benzene rings is 1. The Hall–Kier alpha value is -2.04. The summed E-state index contributed by atoms with van der Waals surface area (Å²) in [6.07, 6.45) is -0.000538. The van der Waals surface area contributed by atoms with Crippen LogP contribution >= 0.6 is 0 Å². The molecule has 1 unspecified atom stereocenters. The van der Waals surface area contributed by atoms with E-state index in [2.05, 4.69) is 10.1 Å². The number of rotatable bonds is 3. The minimum absolute atomic E-state index is 0.0952. The second-order valence-electron chi connectivity index (χ2n) is 4.28. The Morgan fingerprint density at radius 2 is 2.17 bits per heavy atom. The van der Waals surface area contributed by atoms with Gasteiger partial charge in [0.25, 0.3) is 0 Å². The molecular formula is C13H16N2O3. The largest absolute Gasteiger partial charge is 0.453 e. The van der Waals surface area contributed by atoms with Crippen LogP contribution in [0.25, 0.3) is 0 Å². The Balaban J connectivity index is 1.93. The van der Waals surface area contributed by atoms with Gasteiger partial charge in [-0.3, -0.25) is 4.79 Å². The van der Waals surface area contributed by atoms with Crippen molar-refractivity contribution in [3.63, 3.8) is 0 Å². The SMILES string of the molecule is COC(=O)NCC1CC(=O)N(c2ccccc2)C1. The molecule has 2 rings (SSSR count). The fraction of sp³-hybridized carbons (Fsp3) is 0.385. The summed E-state index contributed by atoms with van der Waals surface area (Å²) >= 11 is 0. The molecule has 1 atom stereocenters. The predicted molar refractivity (Wildman–Crippen MR) is 67.3 cm³/mol. The summed E-state index contributed by atoms with van der Waals surface area (Å²) in [4.78, 5) is 24.6. The Morgan fingerprint density at radius 3 is 2.83 bits per heavy atom. The third kappa shape index (κ3) is 2.80. The van der Waals surface area contributed by atoms with Gasteiger partial charge in [-0.1, -0.05) is 18.2 Å². The second kappa shape index (κ2) is 5.53. The molecule has 1 aromatic carbocycles. The van der Waals surface area contributed by atoms with Gasteiger partial charge in [-0.2, -0.15) is 0 Å². The maximum Gasteiger partial charge on any atom is 0.406 e. The van der Waals surface area contributed by atoms with Gasteiger partial charge in [0.1, 0.15) is 0 Å². The highest BCUT2D eigenvalue weighted by atomic mass is 16.5. The lowest BCUT2D eigenvalue weighted by Gasteiger charge is -2.16. The number of anilines is 1. The molecule has 1 aliphatic rings. The Kier molecular flexibility index (Phi) is 3.82. The van der Waals surface area contributed by atoms with E-state index in [4.69, 9.17) is 0 Å². The zero-order chi connectivity index (χ0) is 13.0. The Labute approximate surface area is 106 Å². The van der Waals surface area contributed by atoms with Crippen LogP contribution in [0, 0.1) is 5.92 Å². The van der Waals surface area contributed by atoms with Crippen molar-refractivity contribution in [2.75, 3.05) is 25.1 Å². The van der Waals surface area contributed by atoms with Gasteiger partial charge in [0.15, 0.2) is 0 Å². The zero-order valence-electron chi connectivity index (χ0n) is 10.3. The summed E-state index contributed by atoms with van der Waals surface area (Å²) in [5.74, 6) is 0.231. The molecule has 5 heteroatoms. The minimum atomic E-state index is -0.458. The number of hydrogen-bond donors (Lipinski definition) is 1. The molecule has 1 fully saturated rings. The molecule has 5 nitrogen and oxygen atoms in total. The summed E-state index contributed by atoms with van der Waals surface area (Å²) < 4.78 is 4.50. The smallest absolute Gasteiger partial charge is 0.406 e. The van der Waals surface area contributed by atoms with E-state index in [1.807, 2.05) is 30.3 Å². The van der Waals surface area contributed by atoms with E-state index in [1.165, 1.54) is 7.11 Å². The first-order valence-corrected chi connectivity index (χ1v) is 5.88. The molecule has 96 valence electrons.